The van der Waals surface area contributed by atoms with E-state index in [2.05, 4.69) is 17.3 Å². The van der Waals surface area contributed by atoms with E-state index in [0.717, 1.165) is 25.6 Å². The minimum atomic E-state index is -0.0410. The minimum Gasteiger partial charge on any atom is -0.353 e. The van der Waals surface area contributed by atoms with Gasteiger partial charge in [0.2, 0.25) is 5.91 Å². The van der Waals surface area contributed by atoms with Crippen LogP contribution in [0, 0.1) is 0 Å². The molecule has 1 saturated carbocycles. The summed E-state index contributed by atoms with van der Waals surface area (Å²) >= 11 is 0. The molecule has 1 rings (SSSR count). The summed E-state index contributed by atoms with van der Waals surface area (Å²) in [5.74, 6) is -0.0410. The minimum absolute atomic E-state index is 0.0410. The van der Waals surface area contributed by atoms with Crippen molar-refractivity contribution in [3.05, 3.63) is 12.2 Å². The summed E-state index contributed by atoms with van der Waals surface area (Å²) in [6.45, 7) is 2.22. The Morgan fingerprint density at radius 2 is 2.11 bits per heavy atom. The summed E-state index contributed by atoms with van der Waals surface area (Å²) in [5, 5.41) is 2.87. The second-order valence-corrected chi connectivity index (χ2v) is 5.06. The van der Waals surface area contributed by atoms with Crippen LogP contribution in [0.4, 0.5) is 0 Å². The van der Waals surface area contributed by atoms with Gasteiger partial charge in [0.25, 0.3) is 0 Å². The highest BCUT2D eigenvalue weighted by Crippen LogP contribution is 2.21. The molecular formula is C14H27N3O. The second kappa shape index (κ2) is 9.11. The standard InChI is InChI=1S/C14H27N3O/c1-17(13-7-3-2-4-8-13)12-6-11-16-14(18)9-5-10-15/h5,9,13H,2-4,6-8,10-12,15H2,1H3,(H,16,18)/b9-5+. The van der Waals surface area contributed by atoms with E-state index in [0.29, 0.717) is 6.54 Å². The summed E-state index contributed by atoms with van der Waals surface area (Å²) in [6, 6.07) is 0.756. The lowest BCUT2D eigenvalue weighted by Gasteiger charge is -2.31. The van der Waals surface area contributed by atoms with E-state index in [1.165, 1.54) is 38.2 Å². The molecule has 3 N–H and O–H groups in total. The van der Waals surface area contributed by atoms with Crippen molar-refractivity contribution in [1.82, 2.24) is 10.2 Å². The fraction of sp³-hybridized carbons (Fsp3) is 0.786. The number of nitrogens with zero attached hydrogens (tertiary/aromatic N) is 1. The molecule has 0 heterocycles. The van der Waals surface area contributed by atoms with Gasteiger partial charge in [-0.15, -0.1) is 0 Å². The van der Waals surface area contributed by atoms with Gasteiger partial charge in [0, 0.05) is 25.2 Å². The first-order chi connectivity index (χ1) is 8.74. The number of carbonyl (C=O) groups is 1. The van der Waals surface area contributed by atoms with E-state index < -0.39 is 0 Å². The summed E-state index contributed by atoms with van der Waals surface area (Å²) in [7, 11) is 2.20. The van der Waals surface area contributed by atoms with Crippen molar-refractivity contribution < 1.29 is 4.79 Å². The maximum Gasteiger partial charge on any atom is 0.243 e. The smallest absolute Gasteiger partial charge is 0.243 e. The predicted molar refractivity (Wildman–Crippen MR) is 75.3 cm³/mol. The van der Waals surface area contributed by atoms with Crippen LogP contribution >= 0.6 is 0 Å². The third-order valence-corrected chi connectivity index (χ3v) is 3.59. The molecule has 0 bridgehead atoms. The molecule has 1 amide bonds. The van der Waals surface area contributed by atoms with Crippen molar-refractivity contribution in [2.24, 2.45) is 5.73 Å². The molecule has 0 radical (unpaired) electrons. The van der Waals surface area contributed by atoms with Crippen molar-refractivity contribution in [3.63, 3.8) is 0 Å². The summed E-state index contributed by atoms with van der Waals surface area (Å²) < 4.78 is 0. The number of hydrogen-bond acceptors (Lipinski definition) is 3. The van der Waals surface area contributed by atoms with Crippen molar-refractivity contribution in [1.29, 1.82) is 0 Å². The van der Waals surface area contributed by atoms with Gasteiger partial charge in [-0.1, -0.05) is 25.3 Å². The van der Waals surface area contributed by atoms with Gasteiger partial charge >= 0.3 is 0 Å². The molecule has 1 aliphatic carbocycles. The molecule has 4 heteroatoms. The molecule has 0 atom stereocenters. The molecule has 0 spiro atoms. The number of nitrogens with two attached hydrogens (primary N) is 1. The van der Waals surface area contributed by atoms with E-state index in [4.69, 9.17) is 5.73 Å². The van der Waals surface area contributed by atoms with Crippen LogP contribution in [0.2, 0.25) is 0 Å². The SMILES string of the molecule is CN(CCCNC(=O)/C=C/CN)C1CCCCC1. The lowest BCUT2D eigenvalue weighted by Crippen LogP contribution is -2.35. The van der Waals surface area contributed by atoms with Crippen molar-refractivity contribution in [3.8, 4) is 0 Å². The summed E-state index contributed by atoms with van der Waals surface area (Å²) in [6.07, 6.45) is 11.0. The normalized spacial score (nSPS) is 17.5. The largest absolute Gasteiger partial charge is 0.353 e. The van der Waals surface area contributed by atoms with Gasteiger partial charge in [0.15, 0.2) is 0 Å². The average Bonchev–Trinajstić information content (AvgIpc) is 2.42. The first kappa shape index (κ1) is 15.2. The summed E-state index contributed by atoms with van der Waals surface area (Å²) in [4.78, 5) is 13.7. The van der Waals surface area contributed by atoms with E-state index in [1.807, 2.05) is 0 Å². The molecule has 1 fully saturated rings. The molecule has 0 saturated heterocycles. The Morgan fingerprint density at radius 1 is 1.39 bits per heavy atom. The molecule has 0 unspecified atom stereocenters. The fourth-order valence-electron chi connectivity index (χ4n) is 2.48. The third kappa shape index (κ3) is 6.17. The van der Waals surface area contributed by atoms with Crippen molar-refractivity contribution in [2.45, 2.75) is 44.6 Å². The average molecular weight is 253 g/mol. The van der Waals surface area contributed by atoms with Crippen LogP contribution in [-0.4, -0.2) is 43.5 Å². The van der Waals surface area contributed by atoms with E-state index in [-0.39, 0.29) is 5.91 Å². The molecule has 0 aromatic rings. The zero-order valence-corrected chi connectivity index (χ0v) is 11.5. The number of rotatable bonds is 7. The maximum absolute atomic E-state index is 11.3. The number of hydrogen-bond donors (Lipinski definition) is 2. The molecule has 0 aliphatic heterocycles. The third-order valence-electron chi connectivity index (χ3n) is 3.59. The molecule has 18 heavy (non-hydrogen) atoms. The van der Waals surface area contributed by atoms with E-state index in [9.17, 15) is 4.79 Å². The van der Waals surface area contributed by atoms with Crippen LogP contribution in [0.25, 0.3) is 0 Å². The van der Waals surface area contributed by atoms with E-state index in [1.54, 1.807) is 6.08 Å². The van der Waals surface area contributed by atoms with Crippen LogP contribution in [0.15, 0.2) is 12.2 Å². The first-order valence-electron chi connectivity index (χ1n) is 7.08. The van der Waals surface area contributed by atoms with Crippen LogP contribution in [0.5, 0.6) is 0 Å². The Labute approximate surface area is 111 Å². The molecule has 0 aromatic carbocycles. The monoisotopic (exact) mass is 253 g/mol. The highest BCUT2D eigenvalue weighted by molar-refractivity contribution is 5.87. The van der Waals surface area contributed by atoms with Crippen LogP contribution < -0.4 is 11.1 Å². The maximum atomic E-state index is 11.3. The van der Waals surface area contributed by atoms with Gasteiger partial charge < -0.3 is 16.0 Å². The topological polar surface area (TPSA) is 58.4 Å². The van der Waals surface area contributed by atoms with Crippen molar-refractivity contribution in [2.75, 3.05) is 26.7 Å². The number of amides is 1. The Hall–Kier alpha value is -0.870. The molecule has 1 aliphatic rings. The Balaban J connectivity index is 2.06. The van der Waals surface area contributed by atoms with Crippen LogP contribution in [0.3, 0.4) is 0 Å². The zero-order chi connectivity index (χ0) is 13.2. The van der Waals surface area contributed by atoms with Gasteiger partial charge in [-0.25, -0.2) is 0 Å². The lowest BCUT2D eigenvalue weighted by atomic mass is 9.94. The van der Waals surface area contributed by atoms with E-state index >= 15 is 0 Å². The highest BCUT2D eigenvalue weighted by Gasteiger charge is 2.17. The van der Waals surface area contributed by atoms with Gasteiger partial charge in [0.1, 0.15) is 0 Å². The Bertz CT molecular complexity index is 260. The van der Waals surface area contributed by atoms with Crippen LogP contribution in [-0.2, 0) is 4.79 Å². The zero-order valence-electron chi connectivity index (χ0n) is 11.5. The van der Waals surface area contributed by atoms with Gasteiger partial charge in [0.05, 0.1) is 0 Å². The summed E-state index contributed by atoms with van der Waals surface area (Å²) in [5.41, 5.74) is 5.28. The first-order valence-corrected chi connectivity index (χ1v) is 7.08. The Morgan fingerprint density at radius 3 is 2.78 bits per heavy atom. The van der Waals surface area contributed by atoms with Gasteiger partial charge in [-0.2, -0.15) is 0 Å². The van der Waals surface area contributed by atoms with Crippen molar-refractivity contribution >= 4 is 5.91 Å². The Kier molecular flexibility index (Phi) is 7.69. The number of carbonyl (C=O) groups excluding carboxylic acids is 1. The predicted octanol–water partition coefficient (Wildman–Crippen LogP) is 1.27. The van der Waals surface area contributed by atoms with Gasteiger partial charge in [-0.3, -0.25) is 4.79 Å². The molecular weight excluding hydrogens is 226 g/mol. The second-order valence-electron chi connectivity index (χ2n) is 5.06. The quantitative estimate of drug-likeness (QED) is 0.531. The van der Waals surface area contributed by atoms with Crippen LogP contribution in [0.1, 0.15) is 38.5 Å². The highest BCUT2D eigenvalue weighted by atomic mass is 16.1. The number of nitrogens with one attached hydrogen (secondary N) is 1. The molecule has 104 valence electrons. The lowest BCUT2D eigenvalue weighted by molar-refractivity contribution is -0.116. The fourth-order valence-corrected chi connectivity index (χ4v) is 2.48. The molecule has 0 aromatic heterocycles. The molecule has 4 nitrogen and oxygen atoms in total. The van der Waals surface area contributed by atoms with Gasteiger partial charge in [-0.05, 0) is 32.9 Å².